The van der Waals surface area contributed by atoms with Crippen molar-refractivity contribution in [1.29, 1.82) is 0 Å². The topological polar surface area (TPSA) is 32.5 Å². The molecule has 4 rings (SSSR count). The molecular formula is C23H33Cl2N3. The lowest BCUT2D eigenvalue weighted by molar-refractivity contribution is 0.201. The van der Waals surface area contributed by atoms with E-state index >= 15 is 0 Å². The zero-order chi connectivity index (χ0) is 17.8. The SMILES string of the molecule is Cl.Cl.NCCc1cccc(CN2CCCN(C3Cc4ccccc4C3)CC2)c1. The van der Waals surface area contributed by atoms with Gasteiger partial charge in [-0.05, 0) is 67.6 Å². The highest BCUT2D eigenvalue weighted by atomic mass is 35.5. The second-order valence-electron chi connectivity index (χ2n) is 7.86. The van der Waals surface area contributed by atoms with Crippen LogP contribution in [0.15, 0.2) is 48.5 Å². The average Bonchev–Trinajstić information content (AvgIpc) is 2.95. The molecule has 2 aromatic rings. The second kappa shape index (κ2) is 11.2. The number of rotatable bonds is 5. The van der Waals surface area contributed by atoms with Crippen molar-refractivity contribution in [3.05, 3.63) is 70.8 Å². The molecule has 1 fully saturated rings. The lowest BCUT2D eigenvalue weighted by Crippen LogP contribution is -2.38. The van der Waals surface area contributed by atoms with Gasteiger partial charge in [-0.1, -0.05) is 48.5 Å². The number of halogens is 2. The molecule has 0 aromatic heterocycles. The van der Waals surface area contributed by atoms with Gasteiger partial charge in [0.15, 0.2) is 0 Å². The third-order valence-electron chi connectivity index (χ3n) is 6.00. The fourth-order valence-corrected chi connectivity index (χ4v) is 4.62. The van der Waals surface area contributed by atoms with E-state index in [2.05, 4.69) is 58.3 Å². The van der Waals surface area contributed by atoms with Gasteiger partial charge in [0, 0.05) is 25.7 Å². The van der Waals surface area contributed by atoms with Gasteiger partial charge in [-0.25, -0.2) is 0 Å². The Hall–Kier alpha value is -1.10. The largest absolute Gasteiger partial charge is 0.330 e. The molecule has 0 bridgehead atoms. The highest BCUT2D eigenvalue weighted by Crippen LogP contribution is 2.26. The van der Waals surface area contributed by atoms with Crippen LogP contribution >= 0.6 is 24.8 Å². The highest BCUT2D eigenvalue weighted by molar-refractivity contribution is 5.85. The Labute approximate surface area is 182 Å². The molecular weight excluding hydrogens is 389 g/mol. The molecule has 154 valence electrons. The first-order valence-electron chi connectivity index (χ1n) is 10.1. The summed E-state index contributed by atoms with van der Waals surface area (Å²) in [6.07, 6.45) is 4.72. The first-order valence-corrected chi connectivity index (χ1v) is 10.1. The molecule has 1 saturated heterocycles. The summed E-state index contributed by atoms with van der Waals surface area (Å²) in [7, 11) is 0. The summed E-state index contributed by atoms with van der Waals surface area (Å²) in [6.45, 7) is 6.61. The average molecular weight is 422 g/mol. The van der Waals surface area contributed by atoms with Crippen LogP contribution in [0.1, 0.15) is 28.7 Å². The molecule has 0 saturated carbocycles. The van der Waals surface area contributed by atoms with Gasteiger partial charge >= 0.3 is 0 Å². The molecule has 5 heteroatoms. The third kappa shape index (κ3) is 5.71. The summed E-state index contributed by atoms with van der Waals surface area (Å²) >= 11 is 0. The van der Waals surface area contributed by atoms with Gasteiger partial charge in [0.25, 0.3) is 0 Å². The Kier molecular flexibility index (Phi) is 9.26. The molecule has 0 atom stereocenters. The van der Waals surface area contributed by atoms with Crippen molar-refractivity contribution in [2.45, 2.75) is 38.3 Å². The van der Waals surface area contributed by atoms with E-state index in [0.29, 0.717) is 6.04 Å². The van der Waals surface area contributed by atoms with Gasteiger partial charge in [-0.2, -0.15) is 0 Å². The standard InChI is InChI=1S/C23H31N3.2ClH/c24-10-9-19-5-3-6-20(15-19)18-25-11-4-12-26(14-13-25)23-16-21-7-1-2-8-22(21)17-23;;/h1-3,5-8,15,23H,4,9-14,16-18,24H2;2*1H. The Morgan fingerprint density at radius 2 is 1.54 bits per heavy atom. The maximum Gasteiger partial charge on any atom is 0.0234 e. The van der Waals surface area contributed by atoms with Crippen molar-refractivity contribution in [1.82, 2.24) is 9.80 Å². The first kappa shape index (κ1) is 23.2. The van der Waals surface area contributed by atoms with Crippen LogP contribution in [0.5, 0.6) is 0 Å². The fourth-order valence-electron chi connectivity index (χ4n) is 4.62. The Morgan fingerprint density at radius 3 is 2.25 bits per heavy atom. The summed E-state index contributed by atoms with van der Waals surface area (Å²) in [5.41, 5.74) is 11.6. The molecule has 0 amide bonds. The number of nitrogens with zero attached hydrogens (tertiary/aromatic N) is 2. The number of hydrogen-bond acceptors (Lipinski definition) is 3. The van der Waals surface area contributed by atoms with E-state index in [0.717, 1.165) is 19.5 Å². The van der Waals surface area contributed by atoms with Crippen LogP contribution < -0.4 is 5.73 Å². The first-order chi connectivity index (χ1) is 12.8. The summed E-state index contributed by atoms with van der Waals surface area (Å²) in [5, 5.41) is 0. The number of hydrogen-bond donors (Lipinski definition) is 1. The number of benzene rings is 2. The molecule has 3 nitrogen and oxygen atoms in total. The van der Waals surface area contributed by atoms with Crippen LogP contribution in [-0.4, -0.2) is 48.6 Å². The maximum atomic E-state index is 5.71. The van der Waals surface area contributed by atoms with Crippen molar-refractivity contribution in [2.75, 3.05) is 32.7 Å². The van der Waals surface area contributed by atoms with Crippen LogP contribution in [0.3, 0.4) is 0 Å². The van der Waals surface area contributed by atoms with Crippen LogP contribution in [0.25, 0.3) is 0 Å². The number of fused-ring (bicyclic) bond motifs is 1. The Morgan fingerprint density at radius 1 is 0.821 bits per heavy atom. The summed E-state index contributed by atoms with van der Waals surface area (Å²) in [5.74, 6) is 0. The molecule has 1 aliphatic heterocycles. The quantitative estimate of drug-likeness (QED) is 0.798. The minimum absolute atomic E-state index is 0. The summed E-state index contributed by atoms with van der Waals surface area (Å²) in [4.78, 5) is 5.37. The molecule has 2 N–H and O–H groups in total. The van der Waals surface area contributed by atoms with Crippen molar-refractivity contribution in [2.24, 2.45) is 5.73 Å². The molecule has 28 heavy (non-hydrogen) atoms. The molecule has 2 aliphatic rings. The predicted molar refractivity (Wildman–Crippen MR) is 123 cm³/mol. The minimum Gasteiger partial charge on any atom is -0.330 e. The summed E-state index contributed by atoms with van der Waals surface area (Å²) < 4.78 is 0. The van der Waals surface area contributed by atoms with Crippen LogP contribution in [-0.2, 0) is 25.8 Å². The normalized spacial score (nSPS) is 18.0. The molecule has 1 aliphatic carbocycles. The smallest absolute Gasteiger partial charge is 0.0234 e. The third-order valence-corrected chi connectivity index (χ3v) is 6.00. The van der Waals surface area contributed by atoms with Crippen LogP contribution in [0.2, 0.25) is 0 Å². The maximum absolute atomic E-state index is 5.71. The van der Waals surface area contributed by atoms with Crippen molar-refractivity contribution in [3.63, 3.8) is 0 Å². The van der Waals surface area contributed by atoms with E-state index in [1.807, 2.05) is 0 Å². The van der Waals surface area contributed by atoms with Crippen LogP contribution in [0.4, 0.5) is 0 Å². The monoisotopic (exact) mass is 421 g/mol. The zero-order valence-electron chi connectivity index (χ0n) is 16.6. The van der Waals surface area contributed by atoms with E-state index in [-0.39, 0.29) is 24.8 Å². The fraction of sp³-hybridized carbons (Fsp3) is 0.478. The minimum atomic E-state index is 0. The van der Waals surface area contributed by atoms with E-state index in [9.17, 15) is 0 Å². The Bertz CT molecular complexity index is 712. The van der Waals surface area contributed by atoms with Gasteiger partial charge in [-0.15, -0.1) is 24.8 Å². The molecule has 0 unspecified atom stereocenters. The van der Waals surface area contributed by atoms with E-state index in [1.54, 1.807) is 11.1 Å². The van der Waals surface area contributed by atoms with Gasteiger partial charge in [0.1, 0.15) is 0 Å². The molecule has 0 radical (unpaired) electrons. The summed E-state index contributed by atoms with van der Waals surface area (Å²) in [6, 6.07) is 18.7. The zero-order valence-corrected chi connectivity index (χ0v) is 18.2. The van der Waals surface area contributed by atoms with Gasteiger partial charge < -0.3 is 5.73 Å². The van der Waals surface area contributed by atoms with Gasteiger partial charge in [0.2, 0.25) is 0 Å². The number of nitrogens with two attached hydrogens (primary N) is 1. The predicted octanol–water partition coefficient (Wildman–Crippen LogP) is 3.71. The van der Waals surface area contributed by atoms with Gasteiger partial charge in [0.05, 0.1) is 0 Å². The Balaban J connectivity index is 0.00000140. The molecule has 2 aromatic carbocycles. The lowest BCUT2D eigenvalue weighted by atomic mass is 10.1. The van der Waals surface area contributed by atoms with Gasteiger partial charge in [-0.3, -0.25) is 9.80 Å². The van der Waals surface area contributed by atoms with Crippen molar-refractivity contribution >= 4 is 24.8 Å². The molecule has 0 spiro atoms. The molecule has 1 heterocycles. The van der Waals surface area contributed by atoms with Crippen LogP contribution in [0, 0.1) is 0 Å². The van der Waals surface area contributed by atoms with E-state index < -0.39 is 0 Å². The van der Waals surface area contributed by atoms with E-state index in [1.165, 1.54) is 56.6 Å². The lowest BCUT2D eigenvalue weighted by Gasteiger charge is -2.27. The second-order valence-corrected chi connectivity index (χ2v) is 7.86. The van der Waals surface area contributed by atoms with Crippen molar-refractivity contribution < 1.29 is 0 Å². The highest BCUT2D eigenvalue weighted by Gasteiger charge is 2.27. The van der Waals surface area contributed by atoms with E-state index in [4.69, 9.17) is 5.73 Å². The van der Waals surface area contributed by atoms with Crippen molar-refractivity contribution in [3.8, 4) is 0 Å².